The summed E-state index contributed by atoms with van der Waals surface area (Å²) in [6.45, 7) is 4.91. The third-order valence-corrected chi connectivity index (χ3v) is 5.98. The number of aryl methyl sites for hydroxylation is 1. The molecular formula is C29H47NO3. The minimum atomic E-state index is -0.163. The van der Waals surface area contributed by atoms with E-state index in [0.29, 0.717) is 18.5 Å². The Morgan fingerprint density at radius 1 is 0.818 bits per heavy atom. The van der Waals surface area contributed by atoms with E-state index in [1.807, 2.05) is 31.2 Å². The summed E-state index contributed by atoms with van der Waals surface area (Å²) in [6.07, 6.45) is 21.3. The quantitative estimate of drug-likeness (QED) is 0.122. The first-order chi connectivity index (χ1) is 16.0. The lowest BCUT2D eigenvalue weighted by Gasteiger charge is -2.17. The molecule has 4 nitrogen and oxygen atoms in total. The fourth-order valence-corrected chi connectivity index (χ4v) is 3.73. The van der Waals surface area contributed by atoms with Gasteiger partial charge in [0.1, 0.15) is 6.61 Å². The average molecular weight is 458 g/mol. The van der Waals surface area contributed by atoms with Crippen LogP contribution in [0.4, 0.5) is 0 Å². The molecule has 0 aliphatic heterocycles. The van der Waals surface area contributed by atoms with Gasteiger partial charge in [-0.15, -0.1) is 0 Å². The Morgan fingerprint density at radius 2 is 1.36 bits per heavy atom. The first-order valence-corrected chi connectivity index (χ1v) is 13.2. The van der Waals surface area contributed by atoms with Gasteiger partial charge >= 0.3 is 5.97 Å². The van der Waals surface area contributed by atoms with Gasteiger partial charge in [-0.2, -0.15) is 0 Å². The van der Waals surface area contributed by atoms with E-state index >= 15 is 0 Å². The number of nitrogens with zero attached hydrogens (tertiary/aromatic N) is 1. The second-order valence-electron chi connectivity index (χ2n) is 9.15. The van der Waals surface area contributed by atoms with Crippen LogP contribution in [0.1, 0.15) is 113 Å². The maximum atomic E-state index is 12.3. The van der Waals surface area contributed by atoms with E-state index in [0.717, 1.165) is 18.4 Å². The maximum Gasteiger partial charge on any atom is 0.305 e. The highest BCUT2D eigenvalue weighted by atomic mass is 16.5. The van der Waals surface area contributed by atoms with Gasteiger partial charge in [0.2, 0.25) is 0 Å². The Kier molecular flexibility index (Phi) is 17.0. The topological polar surface area (TPSA) is 46.6 Å². The minimum Gasteiger partial charge on any atom is -0.464 e. The van der Waals surface area contributed by atoms with E-state index in [2.05, 4.69) is 19.1 Å². The number of carbonyl (C=O) groups excluding carboxylic acids is 2. The van der Waals surface area contributed by atoms with E-state index in [-0.39, 0.29) is 18.5 Å². The third-order valence-electron chi connectivity index (χ3n) is 5.98. The molecule has 33 heavy (non-hydrogen) atoms. The largest absolute Gasteiger partial charge is 0.464 e. The predicted octanol–water partition coefficient (Wildman–Crippen LogP) is 7.65. The lowest BCUT2D eigenvalue weighted by molar-refractivity contribution is -0.144. The molecular weight excluding hydrogens is 410 g/mol. The van der Waals surface area contributed by atoms with Crippen LogP contribution in [-0.4, -0.2) is 37.0 Å². The second kappa shape index (κ2) is 19.4. The molecule has 186 valence electrons. The molecule has 0 saturated carbocycles. The molecule has 4 heteroatoms. The lowest BCUT2D eigenvalue weighted by atomic mass is 10.1. The summed E-state index contributed by atoms with van der Waals surface area (Å²) in [7, 11) is 1.74. The Balaban J connectivity index is 1.93. The van der Waals surface area contributed by atoms with Crippen molar-refractivity contribution in [1.29, 1.82) is 0 Å². The molecule has 0 N–H and O–H groups in total. The van der Waals surface area contributed by atoms with Crippen LogP contribution in [0.5, 0.6) is 0 Å². The molecule has 0 atom stereocenters. The Hall–Kier alpha value is -2.10. The maximum absolute atomic E-state index is 12.3. The van der Waals surface area contributed by atoms with Crippen LogP contribution in [0.15, 0.2) is 36.4 Å². The van der Waals surface area contributed by atoms with Gasteiger partial charge in [-0.1, -0.05) is 88.1 Å². The molecule has 0 aliphatic carbocycles. The molecule has 0 heterocycles. The van der Waals surface area contributed by atoms with Crippen molar-refractivity contribution >= 4 is 11.9 Å². The minimum absolute atomic E-state index is 0.0525. The molecule has 0 spiro atoms. The van der Waals surface area contributed by atoms with Gasteiger partial charge in [-0.25, -0.2) is 0 Å². The summed E-state index contributed by atoms with van der Waals surface area (Å²) >= 11 is 0. The van der Waals surface area contributed by atoms with Crippen molar-refractivity contribution in [3.63, 3.8) is 0 Å². The molecule has 1 aromatic carbocycles. The van der Waals surface area contributed by atoms with E-state index in [1.165, 1.54) is 70.6 Å². The van der Waals surface area contributed by atoms with Crippen LogP contribution >= 0.6 is 0 Å². The summed E-state index contributed by atoms with van der Waals surface area (Å²) in [5.41, 5.74) is 1.78. The molecule has 1 amide bonds. The monoisotopic (exact) mass is 457 g/mol. The number of rotatable bonds is 19. The second-order valence-corrected chi connectivity index (χ2v) is 9.15. The van der Waals surface area contributed by atoms with E-state index in [9.17, 15) is 9.59 Å². The first kappa shape index (κ1) is 28.9. The van der Waals surface area contributed by atoms with Gasteiger partial charge in [0, 0.05) is 19.0 Å². The van der Waals surface area contributed by atoms with Gasteiger partial charge in [0.15, 0.2) is 0 Å². The van der Waals surface area contributed by atoms with Crippen molar-refractivity contribution in [2.45, 2.75) is 104 Å². The number of unbranched alkanes of at least 4 members (excludes halogenated alkanes) is 11. The summed E-state index contributed by atoms with van der Waals surface area (Å²) in [5, 5.41) is 0. The Morgan fingerprint density at radius 3 is 1.97 bits per heavy atom. The Labute approximate surface area is 202 Å². The van der Waals surface area contributed by atoms with Crippen LogP contribution in [0.2, 0.25) is 0 Å². The normalized spacial score (nSPS) is 11.1. The number of ether oxygens (including phenoxy) is 1. The molecule has 1 rings (SSSR count). The number of allylic oxidation sites excluding steroid dienone is 2. The zero-order chi connectivity index (χ0) is 24.2. The summed E-state index contributed by atoms with van der Waals surface area (Å²) < 4.78 is 5.29. The molecule has 0 aliphatic rings. The number of hydrogen-bond donors (Lipinski definition) is 0. The predicted molar refractivity (Wildman–Crippen MR) is 139 cm³/mol. The smallest absolute Gasteiger partial charge is 0.305 e. The van der Waals surface area contributed by atoms with Gasteiger partial charge in [0.05, 0.1) is 6.54 Å². The molecule has 0 aromatic heterocycles. The van der Waals surface area contributed by atoms with Crippen LogP contribution in [-0.2, 0) is 9.53 Å². The van der Waals surface area contributed by atoms with Crippen molar-refractivity contribution in [1.82, 2.24) is 4.90 Å². The number of likely N-dealkylation sites (N-methyl/N-ethyl adjacent to an activating group) is 1. The highest BCUT2D eigenvalue weighted by Gasteiger charge is 2.12. The molecule has 0 radical (unpaired) electrons. The standard InChI is InChI=1S/C29H47NO3/c1-4-5-6-7-8-9-10-11-12-13-14-15-16-17-18-19-28(31)33-25-24-30(3)29(32)27-22-20-26(2)21-23-27/h11-12,20-23H,4-10,13-19,24-25H2,1-3H3. The van der Waals surface area contributed by atoms with Crippen LogP contribution < -0.4 is 0 Å². The van der Waals surface area contributed by atoms with Crippen molar-refractivity contribution in [3.05, 3.63) is 47.5 Å². The molecule has 0 bridgehead atoms. The number of hydrogen-bond acceptors (Lipinski definition) is 3. The summed E-state index contributed by atoms with van der Waals surface area (Å²) in [6, 6.07) is 7.50. The Bertz CT molecular complexity index is 666. The van der Waals surface area contributed by atoms with Crippen LogP contribution in [0, 0.1) is 6.92 Å². The highest BCUT2D eigenvalue weighted by molar-refractivity contribution is 5.94. The molecule has 1 aromatic rings. The summed E-state index contributed by atoms with van der Waals surface area (Å²) in [5.74, 6) is -0.216. The third kappa shape index (κ3) is 15.4. The number of carbonyl (C=O) groups is 2. The first-order valence-electron chi connectivity index (χ1n) is 13.2. The van der Waals surface area contributed by atoms with Crippen LogP contribution in [0.3, 0.4) is 0 Å². The molecule has 0 unspecified atom stereocenters. The number of esters is 1. The number of benzene rings is 1. The van der Waals surface area contributed by atoms with Crippen LogP contribution in [0.25, 0.3) is 0 Å². The van der Waals surface area contributed by atoms with Gasteiger partial charge in [0.25, 0.3) is 5.91 Å². The van der Waals surface area contributed by atoms with Gasteiger partial charge in [-0.3, -0.25) is 9.59 Å². The summed E-state index contributed by atoms with van der Waals surface area (Å²) in [4.78, 5) is 25.8. The average Bonchev–Trinajstić information content (AvgIpc) is 2.81. The fourth-order valence-electron chi connectivity index (χ4n) is 3.73. The highest BCUT2D eigenvalue weighted by Crippen LogP contribution is 2.10. The molecule has 0 fully saturated rings. The van der Waals surface area contributed by atoms with Crippen molar-refractivity contribution in [2.75, 3.05) is 20.2 Å². The van der Waals surface area contributed by atoms with Gasteiger partial charge < -0.3 is 9.64 Å². The van der Waals surface area contributed by atoms with Crippen molar-refractivity contribution in [2.24, 2.45) is 0 Å². The SMILES string of the molecule is CCCCCCCCC=CCCCCCCCC(=O)OCCN(C)C(=O)c1ccc(C)cc1. The zero-order valence-corrected chi connectivity index (χ0v) is 21.4. The van der Waals surface area contributed by atoms with Crippen molar-refractivity contribution in [3.8, 4) is 0 Å². The van der Waals surface area contributed by atoms with E-state index < -0.39 is 0 Å². The van der Waals surface area contributed by atoms with Crippen molar-refractivity contribution < 1.29 is 14.3 Å². The zero-order valence-electron chi connectivity index (χ0n) is 21.4. The molecule has 0 saturated heterocycles. The van der Waals surface area contributed by atoms with Gasteiger partial charge in [-0.05, 0) is 51.2 Å². The fraction of sp³-hybridized carbons (Fsp3) is 0.655. The number of amides is 1. The van der Waals surface area contributed by atoms with E-state index in [4.69, 9.17) is 4.74 Å². The van der Waals surface area contributed by atoms with E-state index in [1.54, 1.807) is 11.9 Å². The lowest BCUT2D eigenvalue weighted by Crippen LogP contribution is -2.30.